The maximum Gasteiger partial charge on any atom is 0.125 e. The zero-order valence-electron chi connectivity index (χ0n) is 9.32. The minimum atomic E-state index is -0.113. The first-order valence-electron chi connectivity index (χ1n) is 5.45. The Hall–Kier alpha value is -0.450. The maximum absolute atomic E-state index is 5.84. The van der Waals surface area contributed by atoms with Crippen molar-refractivity contribution in [2.45, 2.75) is 44.2 Å². The molecule has 1 atom stereocenters. The molecule has 2 N–H and O–H groups in total. The van der Waals surface area contributed by atoms with Crippen molar-refractivity contribution in [1.29, 1.82) is 0 Å². The van der Waals surface area contributed by atoms with Gasteiger partial charge < -0.3 is 10.5 Å². The summed E-state index contributed by atoms with van der Waals surface area (Å²) in [6, 6.07) is 0.0755. The van der Waals surface area contributed by atoms with Crippen molar-refractivity contribution in [2.24, 2.45) is 5.73 Å². The molecule has 1 aromatic heterocycles. The van der Waals surface area contributed by atoms with E-state index in [0.29, 0.717) is 0 Å². The van der Waals surface area contributed by atoms with E-state index >= 15 is 0 Å². The molecule has 3 nitrogen and oxygen atoms in total. The van der Waals surface area contributed by atoms with Gasteiger partial charge in [-0.2, -0.15) is 0 Å². The average Bonchev–Trinajstić information content (AvgIpc) is 2.87. The fourth-order valence-electron chi connectivity index (χ4n) is 2.16. The van der Waals surface area contributed by atoms with E-state index in [9.17, 15) is 0 Å². The van der Waals surface area contributed by atoms with Crippen molar-refractivity contribution < 1.29 is 4.74 Å². The lowest BCUT2D eigenvalue weighted by Gasteiger charge is -2.24. The van der Waals surface area contributed by atoms with Crippen LogP contribution < -0.4 is 5.73 Å². The van der Waals surface area contributed by atoms with Gasteiger partial charge in [0.15, 0.2) is 0 Å². The van der Waals surface area contributed by atoms with Gasteiger partial charge in [-0.3, -0.25) is 0 Å². The highest BCUT2D eigenvalue weighted by Gasteiger charge is 2.38. The summed E-state index contributed by atoms with van der Waals surface area (Å²) < 4.78 is 5.68. The van der Waals surface area contributed by atoms with Crippen LogP contribution >= 0.6 is 11.3 Å². The van der Waals surface area contributed by atoms with Crippen LogP contribution in [0.15, 0.2) is 6.20 Å². The van der Waals surface area contributed by atoms with Gasteiger partial charge in [0.2, 0.25) is 0 Å². The number of nitrogens with zero attached hydrogens (tertiary/aromatic N) is 1. The van der Waals surface area contributed by atoms with Gasteiger partial charge in [-0.15, -0.1) is 11.3 Å². The van der Waals surface area contributed by atoms with Crippen molar-refractivity contribution >= 4 is 11.3 Å². The minimum absolute atomic E-state index is 0.0755. The van der Waals surface area contributed by atoms with Crippen LogP contribution in [0.25, 0.3) is 0 Å². The zero-order valence-corrected chi connectivity index (χ0v) is 10.1. The third-order valence-corrected chi connectivity index (χ3v) is 4.55. The number of thiazole rings is 1. The quantitative estimate of drug-likeness (QED) is 0.861. The van der Waals surface area contributed by atoms with Gasteiger partial charge >= 0.3 is 0 Å². The Balaban J connectivity index is 2.27. The molecule has 1 aliphatic carbocycles. The Morgan fingerprint density at radius 3 is 2.67 bits per heavy atom. The monoisotopic (exact) mass is 226 g/mol. The highest BCUT2D eigenvalue weighted by atomic mass is 32.1. The third kappa shape index (κ3) is 1.94. The summed E-state index contributed by atoms with van der Waals surface area (Å²) >= 11 is 1.70. The van der Waals surface area contributed by atoms with Gasteiger partial charge in [-0.05, 0) is 19.8 Å². The summed E-state index contributed by atoms with van der Waals surface area (Å²) in [6.07, 6.45) is 6.55. The van der Waals surface area contributed by atoms with Crippen LogP contribution in [0, 0.1) is 0 Å². The van der Waals surface area contributed by atoms with Crippen molar-refractivity contribution in [2.75, 3.05) is 7.11 Å². The van der Waals surface area contributed by atoms with E-state index in [2.05, 4.69) is 4.98 Å². The summed E-state index contributed by atoms with van der Waals surface area (Å²) in [4.78, 5) is 5.62. The molecule has 1 heterocycles. The van der Waals surface area contributed by atoms with Crippen LogP contribution in [0.3, 0.4) is 0 Å². The van der Waals surface area contributed by atoms with Gasteiger partial charge in [0.05, 0.1) is 0 Å². The topological polar surface area (TPSA) is 48.1 Å². The van der Waals surface area contributed by atoms with E-state index in [4.69, 9.17) is 10.5 Å². The summed E-state index contributed by atoms with van der Waals surface area (Å²) in [7, 11) is 1.79. The summed E-state index contributed by atoms with van der Waals surface area (Å²) in [6.45, 7) is 1.99. The Morgan fingerprint density at radius 2 is 2.20 bits per heavy atom. The number of ether oxygens (including phenoxy) is 1. The van der Waals surface area contributed by atoms with Crippen molar-refractivity contribution in [3.05, 3.63) is 16.1 Å². The molecular formula is C11H18N2OS. The molecule has 84 valence electrons. The van der Waals surface area contributed by atoms with Crippen LogP contribution in [0.4, 0.5) is 0 Å². The van der Waals surface area contributed by atoms with Crippen LogP contribution in [0.1, 0.15) is 48.5 Å². The van der Waals surface area contributed by atoms with Crippen molar-refractivity contribution in [3.63, 3.8) is 0 Å². The second kappa shape index (κ2) is 4.20. The molecular weight excluding hydrogens is 208 g/mol. The van der Waals surface area contributed by atoms with E-state index in [-0.39, 0.29) is 11.6 Å². The van der Waals surface area contributed by atoms with Crippen molar-refractivity contribution in [3.8, 4) is 0 Å². The predicted octanol–water partition coefficient (Wildman–Crippen LogP) is 2.58. The minimum Gasteiger partial charge on any atom is -0.371 e. The van der Waals surface area contributed by atoms with Crippen LogP contribution in [-0.4, -0.2) is 12.1 Å². The molecule has 4 heteroatoms. The number of aromatic nitrogens is 1. The van der Waals surface area contributed by atoms with Crippen LogP contribution in [-0.2, 0) is 10.3 Å². The molecule has 1 aliphatic rings. The Labute approximate surface area is 94.7 Å². The zero-order chi connectivity index (χ0) is 10.9. The first kappa shape index (κ1) is 11.0. The van der Waals surface area contributed by atoms with Gasteiger partial charge in [-0.1, -0.05) is 12.8 Å². The largest absolute Gasteiger partial charge is 0.371 e. The van der Waals surface area contributed by atoms with E-state index in [1.54, 1.807) is 18.4 Å². The standard InChI is InChI=1S/C11H18N2OS/c1-8(12)9-7-13-10(15-9)11(14-2)5-3-4-6-11/h7-8H,3-6,12H2,1-2H3. The van der Waals surface area contributed by atoms with E-state index in [0.717, 1.165) is 22.7 Å². The molecule has 0 amide bonds. The Kier molecular flexibility index (Phi) is 3.09. The van der Waals surface area contributed by atoms with E-state index < -0.39 is 0 Å². The molecule has 0 spiro atoms. The summed E-state index contributed by atoms with van der Waals surface area (Å²) in [5, 5.41) is 1.11. The highest BCUT2D eigenvalue weighted by Crippen LogP contribution is 2.43. The molecule has 15 heavy (non-hydrogen) atoms. The Morgan fingerprint density at radius 1 is 1.53 bits per heavy atom. The normalized spacial score (nSPS) is 21.8. The summed E-state index contributed by atoms with van der Waals surface area (Å²) in [5.41, 5.74) is 5.73. The number of methoxy groups -OCH3 is 1. The smallest absolute Gasteiger partial charge is 0.125 e. The summed E-state index contributed by atoms with van der Waals surface area (Å²) in [5.74, 6) is 0. The Bertz CT molecular complexity index is 329. The lowest BCUT2D eigenvalue weighted by Crippen LogP contribution is -2.23. The van der Waals surface area contributed by atoms with E-state index in [1.165, 1.54) is 12.8 Å². The lowest BCUT2D eigenvalue weighted by molar-refractivity contribution is -0.00885. The number of rotatable bonds is 3. The molecule has 1 fully saturated rings. The van der Waals surface area contributed by atoms with Gasteiger partial charge in [0, 0.05) is 24.2 Å². The number of hydrogen-bond acceptors (Lipinski definition) is 4. The molecule has 0 radical (unpaired) electrons. The average molecular weight is 226 g/mol. The number of nitrogens with two attached hydrogens (primary N) is 1. The van der Waals surface area contributed by atoms with Crippen molar-refractivity contribution in [1.82, 2.24) is 4.98 Å². The molecule has 1 saturated carbocycles. The first-order valence-corrected chi connectivity index (χ1v) is 6.26. The second-order valence-electron chi connectivity index (χ2n) is 4.26. The molecule has 1 unspecified atom stereocenters. The van der Waals surface area contributed by atoms with Crippen LogP contribution in [0.2, 0.25) is 0 Å². The fourth-order valence-corrected chi connectivity index (χ4v) is 3.25. The molecule has 0 aliphatic heterocycles. The maximum atomic E-state index is 5.84. The molecule has 0 aromatic carbocycles. The lowest BCUT2D eigenvalue weighted by atomic mass is 10.0. The van der Waals surface area contributed by atoms with Gasteiger partial charge in [0.25, 0.3) is 0 Å². The second-order valence-corrected chi connectivity index (χ2v) is 5.32. The molecule has 2 rings (SSSR count). The van der Waals surface area contributed by atoms with E-state index in [1.807, 2.05) is 13.1 Å². The van der Waals surface area contributed by atoms with Gasteiger partial charge in [0.1, 0.15) is 10.6 Å². The molecule has 0 saturated heterocycles. The number of hydrogen-bond donors (Lipinski definition) is 1. The van der Waals surface area contributed by atoms with Gasteiger partial charge in [-0.25, -0.2) is 4.98 Å². The van der Waals surface area contributed by atoms with Crippen LogP contribution in [0.5, 0.6) is 0 Å². The first-order chi connectivity index (χ1) is 7.18. The SMILES string of the molecule is COC1(c2ncc(C(C)N)s2)CCCC1. The molecule has 1 aromatic rings. The fraction of sp³-hybridized carbons (Fsp3) is 0.727. The third-order valence-electron chi connectivity index (χ3n) is 3.16. The highest BCUT2D eigenvalue weighted by molar-refractivity contribution is 7.11. The molecule has 0 bridgehead atoms. The predicted molar refractivity (Wildman–Crippen MR) is 61.9 cm³/mol.